The molecule has 3 nitrogen and oxygen atoms in total. The van der Waals surface area contributed by atoms with E-state index in [0.717, 1.165) is 19.3 Å². The maximum atomic E-state index is 6.16. The van der Waals surface area contributed by atoms with E-state index in [2.05, 4.69) is 62.3 Å². The van der Waals surface area contributed by atoms with Gasteiger partial charge in [0.25, 0.3) is 0 Å². The van der Waals surface area contributed by atoms with Gasteiger partial charge in [0.15, 0.2) is 0 Å². The van der Waals surface area contributed by atoms with Crippen LogP contribution in [-0.2, 0) is 11.4 Å². The van der Waals surface area contributed by atoms with Gasteiger partial charge in [-0.3, -0.25) is 0 Å². The van der Waals surface area contributed by atoms with Gasteiger partial charge in [-0.15, -0.1) is 0 Å². The third-order valence-electron chi connectivity index (χ3n) is 3.80. The van der Waals surface area contributed by atoms with Crippen LogP contribution in [0.1, 0.15) is 81.6 Å². The number of hydrogen-bond donors (Lipinski definition) is 0. The Morgan fingerprint density at radius 3 is 0.947 bits per heavy atom. The molecular formula is C15H33AlO3. The molecule has 0 saturated heterocycles. The van der Waals surface area contributed by atoms with Gasteiger partial charge < -0.3 is 11.4 Å². The standard InChI is InChI=1S/3C5H11O.Al/c3*1-4-5(2,3)6;/h3*4H2,1-3H3;/q3*-1;+3. The zero-order valence-electron chi connectivity index (χ0n) is 14.4. The topological polar surface area (TPSA) is 27.7 Å². The Labute approximate surface area is 125 Å². The van der Waals surface area contributed by atoms with Crippen LogP contribution in [0.5, 0.6) is 0 Å². The summed E-state index contributed by atoms with van der Waals surface area (Å²) < 4.78 is 18.5. The van der Waals surface area contributed by atoms with Crippen molar-refractivity contribution in [2.24, 2.45) is 0 Å². The zero-order valence-corrected chi connectivity index (χ0v) is 15.6. The molecule has 0 aromatic carbocycles. The van der Waals surface area contributed by atoms with E-state index < -0.39 is 15.1 Å². The molecule has 0 amide bonds. The van der Waals surface area contributed by atoms with Gasteiger partial charge in [-0.25, -0.2) is 0 Å². The Balaban J connectivity index is 4.84. The van der Waals surface area contributed by atoms with Gasteiger partial charge in [0.1, 0.15) is 0 Å². The van der Waals surface area contributed by atoms with E-state index in [1.807, 2.05) is 0 Å². The highest BCUT2D eigenvalue weighted by Crippen LogP contribution is 2.25. The van der Waals surface area contributed by atoms with Crippen molar-refractivity contribution >= 4 is 15.1 Å². The van der Waals surface area contributed by atoms with E-state index in [1.54, 1.807) is 0 Å². The van der Waals surface area contributed by atoms with Gasteiger partial charge in [-0.2, -0.15) is 0 Å². The fourth-order valence-electron chi connectivity index (χ4n) is 1.10. The van der Waals surface area contributed by atoms with Crippen molar-refractivity contribution in [2.75, 3.05) is 0 Å². The van der Waals surface area contributed by atoms with Crippen LogP contribution >= 0.6 is 0 Å². The fraction of sp³-hybridized carbons (Fsp3) is 1.00. The lowest BCUT2D eigenvalue weighted by Crippen LogP contribution is -2.46. The van der Waals surface area contributed by atoms with Gasteiger partial charge in [-0.1, -0.05) is 20.8 Å². The largest absolute Gasteiger partial charge is 0.906 e. The van der Waals surface area contributed by atoms with E-state index in [0.29, 0.717) is 0 Å². The molecule has 0 bridgehead atoms. The Morgan fingerprint density at radius 1 is 0.579 bits per heavy atom. The maximum absolute atomic E-state index is 6.16. The zero-order chi connectivity index (χ0) is 15.3. The molecule has 0 rings (SSSR count). The molecule has 114 valence electrons. The summed E-state index contributed by atoms with van der Waals surface area (Å²) in [6, 6.07) is 0. The number of hydrogen-bond acceptors (Lipinski definition) is 3. The molecule has 0 radical (unpaired) electrons. The fourth-order valence-corrected chi connectivity index (χ4v) is 3.31. The first-order chi connectivity index (χ1) is 8.47. The van der Waals surface area contributed by atoms with E-state index in [1.165, 1.54) is 0 Å². The second-order valence-electron chi connectivity index (χ2n) is 6.98. The molecule has 0 aromatic rings. The number of rotatable bonds is 9. The first-order valence-corrected chi connectivity index (χ1v) is 8.92. The van der Waals surface area contributed by atoms with Crippen LogP contribution < -0.4 is 0 Å². The lowest BCUT2D eigenvalue weighted by molar-refractivity contribution is -0.0670. The van der Waals surface area contributed by atoms with Crippen LogP contribution in [0.4, 0.5) is 0 Å². The molecule has 0 aliphatic carbocycles. The Hall–Kier alpha value is 0.412. The van der Waals surface area contributed by atoms with Crippen LogP contribution in [0.3, 0.4) is 0 Å². The van der Waals surface area contributed by atoms with Crippen molar-refractivity contribution in [3.63, 3.8) is 0 Å². The first-order valence-electron chi connectivity index (χ1n) is 7.50. The molecule has 0 aliphatic rings. The van der Waals surface area contributed by atoms with Crippen molar-refractivity contribution in [1.29, 1.82) is 0 Å². The van der Waals surface area contributed by atoms with Crippen LogP contribution in [-0.4, -0.2) is 32.0 Å². The van der Waals surface area contributed by atoms with Crippen molar-refractivity contribution in [3.05, 3.63) is 0 Å². The van der Waals surface area contributed by atoms with E-state index in [9.17, 15) is 0 Å². The van der Waals surface area contributed by atoms with Gasteiger partial charge in [0.2, 0.25) is 0 Å². The molecule has 0 heterocycles. The molecule has 0 atom stereocenters. The first kappa shape index (κ1) is 19.4. The van der Waals surface area contributed by atoms with E-state index >= 15 is 0 Å². The van der Waals surface area contributed by atoms with E-state index in [-0.39, 0.29) is 16.8 Å². The van der Waals surface area contributed by atoms with Crippen LogP contribution in [0.2, 0.25) is 0 Å². The lowest BCUT2D eigenvalue weighted by atomic mass is 10.1. The summed E-state index contributed by atoms with van der Waals surface area (Å²) in [4.78, 5) is 0. The molecule has 19 heavy (non-hydrogen) atoms. The summed E-state index contributed by atoms with van der Waals surface area (Å²) in [6.07, 6.45) is 2.84. The van der Waals surface area contributed by atoms with Crippen molar-refractivity contribution in [1.82, 2.24) is 0 Å². The van der Waals surface area contributed by atoms with E-state index in [4.69, 9.17) is 11.4 Å². The molecule has 0 N–H and O–H groups in total. The highest BCUT2D eigenvalue weighted by molar-refractivity contribution is 6.36. The average Bonchev–Trinajstić information content (AvgIpc) is 2.27. The maximum Gasteiger partial charge on any atom is 0.906 e. The second-order valence-corrected chi connectivity index (χ2v) is 8.27. The minimum absolute atomic E-state index is 0.190. The summed E-state index contributed by atoms with van der Waals surface area (Å²) in [5.41, 5.74) is -0.570. The minimum Gasteiger partial charge on any atom is -0.450 e. The predicted octanol–water partition coefficient (Wildman–Crippen LogP) is 4.59. The SMILES string of the molecule is CCC(C)(C)[O][Al]([O]C(C)(C)CC)[O]C(C)(C)CC. The van der Waals surface area contributed by atoms with Gasteiger partial charge in [-0.05, 0) is 60.8 Å². The van der Waals surface area contributed by atoms with Crippen LogP contribution in [0.15, 0.2) is 0 Å². The summed E-state index contributed by atoms with van der Waals surface area (Å²) in [5, 5.41) is 0. The Morgan fingerprint density at radius 2 is 0.789 bits per heavy atom. The third-order valence-corrected chi connectivity index (χ3v) is 6.29. The predicted molar refractivity (Wildman–Crippen MR) is 82.1 cm³/mol. The van der Waals surface area contributed by atoms with Crippen LogP contribution in [0, 0.1) is 0 Å². The summed E-state index contributed by atoms with van der Waals surface area (Å²) in [5.74, 6) is 0. The Bertz CT molecular complexity index is 219. The smallest absolute Gasteiger partial charge is 0.450 e. The molecule has 4 heteroatoms. The molecular weight excluding hydrogens is 255 g/mol. The average molecular weight is 288 g/mol. The normalized spacial score (nSPS) is 13.7. The Kier molecular flexibility index (Phi) is 7.59. The van der Waals surface area contributed by atoms with Crippen molar-refractivity contribution in [3.8, 4) is 0 Å². The highest BCUT2D eigenvalue weighted by atomic mass is 27.3. The van der Waals surface area contributed by atoms with Crippen molar-refractivity contribution < 1.29 is 11.4 Å². The minimum atomic E-state index is -2.16. The molecule has 0 aromatic heterocycles. The summed E-state index contributed by atoms with van der Waals surface area (Å²) >= 11 is -2.16. The molecule has 0 saturated carbocycles. The molecule has 0 aliphatic heterocycles. The highest BCUT2D eigenvalue weighted by Gasteiger charge is 2.44. The third kappa shape index (κ3) is 8.32. The van der Waals surface area contributed by atoms with Crippen molar-refractivity contribution in [2.45, 2.75) is 98.4 Å². The molecule has 0 fully saturated rings. The monoisotopic (exact) mass is 288 g/mol. The van der Waals surface area contributed by atoms with Crippen LogP contribution in [0.25, 0.3) is 0 Å². The van der Waals surface area contributed by atoms with Gasteiger partial charge in [0, 0.05) is 16.8 Å². The second kappa shape index (κ2) is 7.43. The quantitative estimate of drug-likeness (QED) is 0.581. The summed E-state index contributed by atoms with van der Waals surface area (Å²) in [7, 11) is 0. The van der Waals surface area contributed by atoms with Gasteiger partial charge in [0.05, 0.1) is 0 Å². The summed E-state index contributed by atoms with van der Waals surface area (Å²) in [6.45, 7) is 18.9. The molecule has 0 spiro atoms. The lowest BCUT2D eigenvalue weighted by Gasteiger charge is -2.36. The molecule has 0 unspecified atom stereocenters. The van der Waals surface area contributed by atoms with Gasteiger partial charge >= 0.3 is 15.1 Å².